The number of rotatable bonds is 2. The van der Waals surface area contributed by atoms with Crippen LogP contribution in [0.2, 0.25) is 0 Å². The Hall–Kier alpha value is 0.700. The molecule has 0 aliphatic heterocycles. The molecule has 0 aliphatic carbocycles. The molecular weight excluding hydrogens is 100 g/mol. The van der Waals surface area contributed by atoms with Crippen molar-refractivity contribution in [3.63, 3.8) is 0 Å². The van der Waals surface area contributed by atoms with Crippen molar-refractivity contribution in [3.05, 3.63) is 6.92 Å². The van der Waals surface area contributed by atoms with Gasteiger partial charge in [0.1, 0.15) is 0 Å². The van der Waals surface area contributed by atoms with E-state index in [1.165, 1.54) is 10.8 Å². The third kappa shape index (κ3) is 4.70. The zero-order chi connectivity index (χ0) is 4.12. The molecule has 0 saturated heterocycles. The van der Waals surface area contributed by atoms with E-state index in [2.05, 4.69) is 18.6 Å². The minimum atomic E-state index is 0.953. The number of hydrogen-bond donors (Lipinski definition) is 0. The third-order valence-electron chi connectivity index (χ3n) is 0.228. The molecule has 30 valence electrons. The zero-order valence-electron chi connectivity index (χ0n) is 2.94. The molecule has 0 aromatic carbocycles. The Bertz CT molecular complexity index is 12.4. The highest BCUT2D eigenvalue weighted by Gasteiger charge is 1.70. The van der Waals surface area contributed by atoms with E-state index in [9.17, 15) is 0 Å². The van der Waals surface area contributed by atoms with Gasteiger partial charge in [0.2, 0.25) is 0 Å². The lowest BCUT2D eigenvalue weighted by Gasteiger charge is -1.77. The lowest BCUT2D eigenvalue weighted by molar-refractivity contribution is 1.25. The van der Waals surface area contributed by atoms with Crippen LogP contribution in [0.25, 0.3) is 0 Å². The molecule has 0 heterocycles. The molecular formula is C3H6S2. The molecule has 0 aromatic rings. The van der Waals surface area contributed by atoms with Crippen molar-refractivity contribution in [2.45, 2.75) is 6.42 Å². The molecule has 0 rings (SSSR count). The van der Waals surface area contributed by atoms with Crippen molar-refractivity contribution in [1.82, 2.24) is 0 Å². The molecule has 5 heavy (non-hydrogen) atoms. The van der Waals surface area contributed by atoms with E-state index in [1.807, 2.05) is 0 Å². The summed E-state index contributed by atoms with van der Waals surface area (Å²) in [5, 5.41) is 0. The third-order valence-corrected chi connectivity index (χ3v) is 1.18. The van der Waals surface area contributed by atoms with Crippen LogP contribution < -0.4 is 0 Å². The Kier molecular flexibility index (Phi) is 5.36. The maximum absolute atomic E-state index is 4.53. The molecule has 0 atom stereocenters. The summed E-state index contributed by atoms with van der Waals surface area (Å²) in [4.78, 5) is 0. The molecule has 0 spiro atoms. The highest BCUT2D eigenvalue weighted by Crippen LogP contribution is 2.03. The van der Waals surface area contributed by atoms with Crippen LogP contribution in [0.1, 0.15) is 6.42 Å². The maximum atomic E-state index is 4.53. The van der Waals surface area contributed by atoms with Gasteiger partial charge in [-0.15, -0.1) is 0 Å². The summed E-state index contributed by atoms with van der Waals surface area (Å²) in [6.45, 7) is 3.59. The van der Waals surface area contributed by atoms with Crippen LogP contribution in [0.15, 0.2) is 0 Å². The molecule has 0 nitrogen and oxygen atoms in total. The van der Waals surface area contributed by atoms with Gasteiger partial charge in [-0.1, -0.05) is 17.7 Å². The minimum Gasteiger partial charge on any atom is -0.0817 e. The highest BCUT2D eigenvalue weighted by atomic mass is 33.1. The summed E-state index contributed by atoms with van der Waals surface area (Å²) in [6.07, 6.45) is 0.953. The lowest BCUT2D eigenvalue weighted by Crippen LogP contribution is -1.61. The van der Waals surface area contributed by atoms with E-state index in [1.54, 1.807) is 0 Å². The van der Waals surface area contributed by atoms with Gasteiger partial charge in [0.05, 0.1) is 0 Å². The van der Waals surface area contributed by atoms with Crippen molar-refractivity contribution >= 4 is 22.5 Å². The molecule has 0 N–H and O–H groups in total. The van der Waals surface area contributed by atoms with Gasteiger partial charge < -0.3 is 0 Å². The first-order valence-electron chi connectivity index (χ1n) is 1.46. The Morgan fingerprint density at radius 2 is 2.40 bits per heavy atom. The normalized spacial score (nSPS) is 8.40. The van der Waals surface area contributed by atoms with E-state index in [4.69, 9.17) is 0 Å². The van der Waals surface area contributed by atoms with Gasteiger partial charge in [0.15, 0.2) is 0 Å². The van der Waals surface area contributed by atoms with E-state index < -0.39 is 0 Å². The van der Waals surface area contributed by atoms with Gasteiger partial charge in [-0.3, -0.25) is 0 Å². The van der Waals surface area contributed by atoms with Crippen LogP contribution >= 0.6 is 22.5 Å². The molecule has 0 bridgehead atoms. The topological polar surface area (TPSA) is 0 Å². The molecule has 2 heteroatoms. The van der Waals surface area contributed by atoms with E-state index >= 15 is 0 Å². The fourth-order valence-corrected chi connectivity index (χ4v) is 0.530. The smallest absolute Gasteiger partial charge is 0.00454 e. The van der Waals surface area contributed by atoms with Crippen LogP contribution in [0, 0.1) is 6.92 Å². The van der Waals surface area contributed by atoms with Crippen molar-refractivity contribution in [2.24, 2.45) is 0 Å². The SMILES string of the molecule is [CH2]CCS[S]. The van der Waals surface area contributed by atoms with Crippen LogP contribution in [-0.2, 0) is 0 Å². The van der Waals surface area contributed by atoms with Crippen LogP contribution in [-0.4, -0.2) is 5.75 Å². The Labute approximate surface area is 42.1 Å². The molecule has 0 amide bonds. The second kappa shape index (κ2) is 4.70. The predicted octanol–water partition coefficient (Wildman–Crippen LogP) is 2.06. The van der Waals surface area contributed by atoms with E-state index in [0.29, 0.717) is 0 Å². The van der Waals surface area contributed by atoms with Crippen LogP contribution in [0.3, 0.4) is 0 Å². The van der Waals surface area contributed by atoms with E-state index in [-0.39, 0.29) is 0 Å². The Balaban J connectivity index is 2.19. The van der Waals surface area contributed by atoms with Gasteiger partial charge in [-0.2, -0.15) is 0 Å². The summed E-state index contributed by atoms with van der Waals surface area (Å²) < 4.78 is 0. The van der Waals surface area contributed by atoms with Crippen molar-refractivity contribution in [3.8, 4) is 0 Å². The average Bonchev–Trinajstić information content (AvgIpc) is 1.41. The summed E-state index contributed by atoms with van der Waals surface area (Å²) in [5.41, 5.74) is 0. The highest BCUT2D eigenvalue weighted by molar-refractivity contribution is 8.68. The van der Waals surface area contributed by atoms with Crippen molar-refractivity contribution in [1.29, 1.82) is 0 Å². The summed E-state index contributed by atoms with van der Waals surface area (Å²) >= 11 is 4.53. The molecule has 0 unspecified atom stereocenters. The van der Waals surface area contributed by atoms with Crippen LogP contribution in [0.4, 0.5) is 0 Å². The second-order valence-electron chi connectivity index (χ2n) is 0.676. The van der Waals surface area contributed by atoms with Gasteiger partial charge >= 0.3 is 0 Å². The van der Waals surface area contributed by atoms with Gasteiger partial charge in [0.25, 0.3) is 0 Å². The summed E-state index contributed by atoms with van der Waals surface area (Å²) in [7, 11) is 1.42. The standard InChI is InChI=1S/C3H6S2/c1-2-3-5-4/h1-3H2. The fraction of sp³-hybridized carbons (Fsp3) is 0.667. The summed E-state index contributed by atoms with van der Waals surface area (Å²) in [6, 6.07) is 0. The van der Waals surface area contributed by atoms with Crippen molar-refractivity contribution < 1.29 is 0 Å². The number of hydrogen-bond acceptors (Lipinski definition) is 1. The molecule has 0 fully saturated rings. The Morgan fingerprint density at radius 3 is 2.40 bits per heavy atom. The molecule has 0 aliphatic rings. The van der Waals surface area contributed by atoms with Gasteiger partial charge in [-0.05, 0) is 18.1 Å². The van der Waals surface area contributed by atoms with Gasteiger partial charge in [-0.25, -0.2) is 0 Å². The minimum absolute atomic E-state index is 0.953. The van der Waals surface area contributed by atoms with Crippen molar-refractivity contribution in [2.75, 3.05) is 5.75 Å². The first kappa shape index (κ1) is 5.70. The predicted molar refractivity (Wildman–Crippen MR) is 30.0 cm³/mol. The fourth-order valence-electron chi connectivity index (χ4n) is 0.0589. The Morgan fingerprint density at radius 1 is 1.80 bits per heavy atom. The van der Waals surface area contributed by atoms with Gasteiger partial charge in [0, 0.05) is 5.75 Å². The largest absolute Gasteiger partial charge is 0.0817 e. The first-order chi connectivity index (χ1) is 2.41. The summed E-state index contributed by atoms with van der Waals surface area (Å²) in [5.74, 6) is 1.01. The maximum Gasteiger partial charge on any atom is 0.00454 e. The molecule has 0 saturated carbocycles. The quantitative estimate of drug-likeness (QED) is 0.485. The second-order valence-corrected chi connectivity index (χ2v) is 2.03. The van der Waals surface area contributed by atoms with E-state index in [0.717, 1.165) is 12.2 Å². The monoisotopic (exact) mass is 106 g/mol. The first-order valence-corrected chi connectivity index (χ1v) is 3.37. The van der Waals surface area contributed by atoms with Crippen LogP contribution in [0.5, 0.6) is 0 Å². The molecule has 2 radical (unpaired) electrons. The average molecular weight is 106 g/mol. The lowest BCUT2D eigenvalue weighted by atomic mass is 10.6. The zero-order valence-corrected chi connectivity index (χ0v) is 4.57. The molecule has 0 aromatic heterocycles.